The van der Waals surface area contributed by atoms with Crippen molar-refractivity contribution in [1.29, 1.82) is 0 Å². The molecule has 10 heteroatoms. The van der Waals surface area contributed by atoms with Crippen molar-refractivity contribution in [2.75, 3.05) is 17.7 Å². The number of benzene rings is 4. The third kappa shape index (κ3) is 5.79. The molecule has 0 heterocycles. The molecule has 4 N–H and O–H groups in total. The quantitative estimate of drug-likeness (QED) is 0.152. The maximum absolute atomic E-state index is 14.6. The summed E-state index contributed by atoms with van der Waals surface area (Å²) >= 11 is 0. The van der Waals surface area contributed by atoms with Crippen LogP contribution in [0.4, 0.5) is 33.3 Å². The lowest BCUT2D eigenvalue weighted by Crippen LogP contribution is -2.23. The zero-order valence-corrected chi connectivity index (χ0v) is 20.7. The van der Waals surface area contributed by atoms with Crippen molar-refractivity contribution in [2.24, 2.45) is 0 Å². The van der Waals surface area contributed by atoms with Crippen LogP contribution in [0.1, 0.15) is 33.0 Å². The van der Waals surface area contributed by atoms with Gasteiger partial charge >= 0.3 is 6.18 Å². The number of amides is 1. The molecule has 0 aliphatic carbocycles. The van der Waals surface area contributed by atoms with Crippen molar-refractivity contribution < 1.29 is 37.0 Å². The molecule has 1 unspecified atom stereocenters. The number of carbonyl (C=O) groups excluding carboxylic acids is 1. The molecule has 0 fully saturated rings. The Morgan fingerprint density at radius 3 is 1.72 bits per heavy atom. The van der Waals surface area contributed by atoms with Crippen molar-refractivity contribution in [3.05, 3.63) is 107 Å². The van der Waals surface area contributed by atoms with Crippen molar-refractivity contribution in [2.45, 2.75) is 19.0 Å². The second-order valence-corrected chi connectivity index (χ2v) is 8.92. The molecule has 39 heavy (non-hydrogen) atoms. The Morgan fingerprint density at radius 2 is 1.23 bits per heavy atom. The summed E-state index contributed by atoms with van der Waals surface area (Å²) in [5.41, 5.74) is 0.688. The molecule has 4 rings (SSSR count). The van der Waals surface area contributed by atoms with Gasteiger partial charge in [0, 0.05) is 12.6 Å². The molecule has 1 amide bonds. The van der Waals surface area contributed by atoms with Gasteiger partial charge < -0.3 is 20.8 Å². The van der Waals surface area contributed by atoms with Crippen molar-refractivity contribution in [3.8, 4) is 22.6 Å². The molecule has 0 aromatic heterocycles. The average Bonchev–Trinajstić information content (AvgIpc) is 2.88. The third-order valence-electron chi connectivity index (χ3n) is 6.21. The monoisotopic (exact) mass is 542 g/mol. The number of hydrogen-bond donors (Lipinski definition) is 4. The van der Waals surface area contributed by atoms with Crippen LogP contribution in [0.3, 0.4) is 0 Å². The SMILES string of the molecule is CNc1cc(C(c2cc(F)c(O)c(NC(=O)c3ccc(-c4ccc(C)cc4)cc3)c2)C(F)(F)F)cc(F)c1O. The topological polar surface area (TPSA) is 81.6 Å². The van der Waals surface area contributed by atoms with E-state index in [1.807, 2.05) is 31.2 Å². The van der Waals surface area contributed by atoms with Gasteiger partial charge in [-0.1, -0.05) is 42.0 Å². The lowest BCUT2D eigenvalue weighted by molar-refractivity contribution is -0.141. The summed E-state index contributed by atoms with van der Waals surface area (Å²) in [6, 6.07) is 16.6. The molecule has 0 saturated heterocycles. The van der Waals surface area contributed by atoms with E-state index in [1.165, 1.54) is 19.2 Å². The Balaban J connectivity index is 1.68. The average molecular weight is 543 g/mol. The predicted molar refractivity (Wildman–Crippen MR) is 138 cm³/mol. The zero-order valence-electron chi connectivity index (χ0n) is 20.7. The molecule has 0 aliphatic rings. The Hall–Kier alpha value is -4.60. The number of nitrogens with one attached hydrogen (secondary N) is 2. The fourth-order valence-electron chi connectivity index (χ4n) is 4.18. The fourth-order valence-corrected chi connectivity index (χ4v) is 4.18. The number of aromatic hydroxyl groups is 2. The molecule has 0 aliphatic heterocycles. The predicted octanol–water partition coefficient (Wildman–Crippen LogP) is 7.34. The highest BCUT2D eigenvalue weighted by atomic mass is 19.4. The first-order chi connectivity index (χ1) is 18.4. The second-order valence-electron chi connectivity index (χ2n) is 8.92. The van der Waals surface area contributed by atoms with Crippen LogP contribution in [-0.4, -0.2) is 29.3 Å². The number of alkyl halides is 3. The largest absolute Gasteiger partial charge is 0.503 e. The van der Waals surface area contributed by atoms with E-state index in [2.05, 4.69) is 10.6 Å². The van der Waals surface area contributed by atoms with E-state index in [0.717, 1.165) is 28.8 Å². The van der Waals surface area contributed by atoms with E-state index in [9.17, 15) is 37.0 Å². The summed E-state index contributed by atoms with van der Waals surface area (Å²) in [5.74, 6) is -8.00. The van der Waals surface area contributed by atoms with Gasteiger partial charge in [0.15, 0.2) is 23.1 Å². The fraction of sp³-hybridized carbons (Fsp3) is 0.138. The standard InChI is InChI=1S/C29H23F5N2O3/c1-15-3-5-16(6-4-15)17-7-9-18(10-8-17)28(39)36-24-14-20(12-22(31)27(24)38)25(29(32,33)34)19-11-21(30)26(37)23(13-19)35-2/h3-14,25,35,37-38H,1-2H3,(H,36,39). The number of carbonyl (C=O) groups is 1. The molecule has 0 spiro atoms. The number of aryl methyl sites for hydroxylation is 1. The number of halogens is 5. The smallest absolute Gasteiger partial charge is 0.399 e. The minimum atomic E-state index is -5.02. The number of hydrogen-bond acceptors (Lipinski definition) is 4. The number of phenolic OH excluding ortho intramolecular Hbond substituents is 2. The van der Waals surface area contributed by atoms with E-state index < -0.39 is 57.9 Å². The minimum absolute atomic E-state index is 0.114. The molecule has 5 nitrogen and oxygen atoms in total. The van der Waals surface area contributed by atoms with E-state index in [-0.39, 0.29) is 11.3 Å². The molecule has 4 aromatic rings. The lowest BCUT2D eigenvalue weighted by atomic mass is 9.89. The van der Waals surface area contributed by atoms with Crippen molar-refractivity contribution >= 4 is 17.3 Å². The summed E-state index contributed by atoms with van der Waals surface area (Å²) in [6.07, 6.45) is -5.02. The van der Waals surface area contributed by atoms with Crippen LogP contribution in [0.25, 0.3) is 11.1 Å². The van der Waals surface area contributed by atoms with Gasteiger partial charge in [0.2, 0.25) is 0 Å². The van der Waals surface area contributed by atoms with Crippen LogP contribution in [0.15, 0.2) is 72.8 Å². The minimum Gasteiger partial charge on any atom is -0.503 e. The Labute approximate surface area is 220 Å². The number of anilines is 2. The Morgan fingerprint density at radius 1 is 0.769 bits per heavy atom. The Kier molecular flexibility index (Phi) is 7.49. The van der Waals surface area contributed by atoms with E-state index in [0.29, 0.717) is 12.1 Å². The number of rotatable bonds is 6. The first-order valence-electron chi connectivity index (χ1n) is 11.7. The van der Waals surface area contributed by atoms with Crippen molar-refractivity contribution in [1.82, 2.24) is 0 Å². The first kappa shape index (κ1) is 27.4. The lowest BCUT2D eigenvalue weighted by Gasteiger charge is -2.23. The van der Waals surface area contributed by atoms with Gasteiger partial charge in [0.05, 0.1) is 11.4 Å². The number of phenols is 2. The van der Waals surface area contributed by atoms with Crippen LogP contribution in [0, 0.1) is 18.6 Å². The first-order valence-corrected chi connectivity index (χ1v) is 11.7. The van der Waals surface area contributed by atoms with E-state index >= 15 is 0 Å². The van der Waals surface area contributed by atoms with Crippen LogP contribution >= 0.6 is 0 Å². The summed E-state index contributed by atoms with van der Waals surface area (Å²) in [5, 5.41) is 24.6. The maximum atomic E-state index is 14.6. The molecule has 4 aromatic carbocycles. The molecule has 0 saturated carbocycles. The van der Waals surface area contributed by atoms with Gasteiger partial charge in [0.25, 0.3) is 5.91 Å². The normalized spacial score (nSPS) is 12.2. The summed E-state index contributed by atoms with van der Waals surface area (Å²) in [6.45, 7) is 1.95. The van der Waals surface area contributed by atoms with Crippen LogP contribution < -0.4 is 10.6 Å². The van der Waals surface area contributed by atoms with Gasteiger partial charge in [-0.15, -0.1) is 0 Å². The molecule has 0 radical (unpaired) electrons. The highest BCUT2D eigenvalue weighted by molar-refractivity contribution is 6.05. The summed E-state index contributed by atoms with van der Waals surface area (Å²) in [7, 11) is 1.28. The van der Waals surface area contributed by atoms with E-state index in [4.69, 9.17) is 0 Å². The van der Waals surface area contributed by atoms with Gasteiger partial charge in [-0.3, -0.25) is 4.79 Å². The Bertz CT molecular complexity index is 1520. The highest BCUT2D eigenvalue weighted by Crippen LogP contribution is 2.45. The maximum Gasteiger partial charge on any atom is 0.399 e. The van der Waals surface area contributed by atoms with E-state index in [1.54, 1.807) is 12.1 Å². The van der Waals surface area contributed by atoms with Gasteiger partial charge in [-0.2, -0.15) is 13.2 Å². The molecular formula is C29H23F5N2O3. The van der Waals surface area contributed by atoms with Gasteiger partial charge in [0.1, 0.15) is 5.92 Å². The second kappa shape index (κ2) is 10.6. The van der Waals surface area contributed by atoms with Crippen molar-refractivity contribution in [3.63, 3.8) is 0 Å². The zero-order chi connectivity index (χ0) is 28.5. The molecule has 0 bridgehead atoms. The van der Waals surface area contributed by atoms with Gasteiger partial charge in [-0.25, -0.2) is 8.78 Å². The van der Waals surface area contributed by atoms with Crippen LogP contribution in [0.5, 0.6) is 11.5 Å². The van der Waals surface area contributed by atoms with Gasteiger partial charge in [-0.05, 0) is 65.6 Å². The molecular weight excluding hydrogens is 519 g/mol. The third-order valence-corrected chi connectivity index (χ3v) is 6.21. The van der Waals surface area contributed by atoms with Crippen LogP contribution in [0.2, 0.25) is 0 Å². The molecule has 202 valence electrons. The van der Waals surface area contributed by atoms with Crippen LogP contribution in [-0.2, 0) is 0 Å². The molecule has 1 atom stereocenters. The summed E-state index contributed by atoms with van der Waals surface area (Å²) < 4.78 is 71.3. The highest BCUT2D eigenvalue weighted by Gasteiger charge is 2.43. The summed E-state index contributed by atoms with van der Waals surface area (Å²) in [4.78, 5) is 12.8.